The van der Waals surface area contributed by atoms with Gasteiger partial charge in [0.1, 0.15) is 0 Å². The Kier molecular flexibility index (Phi) is 8.83. The second-order valence-corrected chi connectivity index (χ2v) is 8.77. The number of hydrogen-bond donors (Lipinski definition) is 1. The van der Waals surface area contributed by atoms with Crippen molar-refractivity contribution in [1.82, 2.24) is 10.4 Å². The molecule has 0 aliphatic carbocycles. The van der Waals surface area contributed by atoms with Crippen molar-refractivity contribution in [3.8, 4) is 23.0 Å². The second-order valence-electron chi connectivity index (χ2n) is 7.00. The van der Waals surface area contributed by atoms with Crippen LogP contribution in [0.25, 0.3) is 0 Å². The fraction of sp³-hybridized carbons (Fsp3) is 0.167. The predicted molar refractivity (Wildman–Crippen MR) is 137 cm³/mol. The van der Waals surface area contributed by atoms with Crippen LogP contribution in [-0.2, 0) is 0 Å². The van der Waals surface area contributed by atoms with Crippen LogP contribution in [0.5, 0.6) is 23.0 Å². The highest BCUT2D eigenvalue weighted by Crippen LogP contribution is 2.39. The van der Waals surface area contributed by atoms with Gasteiger partial charge in [-0.15, -0.1) is 0 Å². The number of carbonyl (C=O) groups excluding carboxylic acids is 2. The maximum atomic E-state index is 13.0. The van der Waals surface area contributed by atoms with E-state index in [4.69, 9.17) is 18.9 Å². The normalized spacial score (nSPS) is 10.7. The van der Waals surface area contributed by atoms with Crippen LogP contribution in [0, 0.1) is 6.92 Å². The number of rotatable bonds is 8. The number of halogens is 2. The number of hydrogen-bond acceptors (Lipinski definition) is 8. The lowest BCUT2D eigenvalue weighted by Gasteiger charge is -2.15. The average molecular weight is 607 g/mol. The molecule has 9 nitrogen and oxygen atoms in total. The lowest BCUT2D eigenvalue weighted by atomic mass is 10.1. The van der Waals surface area contributed by atoms with E-state index in [1.54, 1.807) is 24.3 Å². The zero-order chi connectivity index (χ0) is 25.5. The molecule has 35 heavy (non-hydrogen) atoms. The lowest BCUT2D eigenvalue weighted by molar-refractivity contribution is 0.0732. The van der Waals surface area contributed by atoms with Gasteiger partial charge >= 0.3 is 5.97 Å². The minimum atomic E-state index is -0.670. The molecule has 0 unspecified atom stereocenters. The van der Waals surface area contributed by atoms with Crippen molar-refractivity contribution in [2.45, 2.75) is 6.92 Å². The minimum Gasteiger partial charge on any atom is -0.493 e. The van der Waals surface area contributed by atoms with Crippen LogP contribution in [0.1, 0.15) is 32.0 Å². The molecular formula is C24H21Br2N3O6. The van der Waals surface area contributed by atoms with Gasteiger partial charge in [0.15, 0.2) is 17.2 Å². The number of hydrazone groups is 1. The highest BCUT2D eigenvalue weighted by atomic mass is 79.9. The first-order valence-corrected chi connectivity index (χ1v) is 11.6. The summed E-state index contributed by atoms with van der Waals surface area (Å²) in [4.78, 5) is 29.4. The monoisotopic (exact) mass is 605 g/mol. The molecular weight excluding hydrogens is 586 g/mol. The molecule has 1 aromatic heterocycles. The average Bonchev–Trinajstić information content (AvgIpc) is 2.85. The van der Waals surface area contributed by atoms with Crippen molar-refractivity contribution in [2.75, 3.05) is 21.3 Å². The Morgan fingerprint density at radius 3 is 2.20 bits per heavy atom. The summed E-state index contributed by atoms with van der Waals surface area (Å²) in [5, 5.41) is 4.00. The summed E-state index contributed by atoms with van der Waals surface area (Å²) in [6.45, 7) is 1.83. The van der Waals surface area contributed by atoms with Gasteiger partial charge in [-0.3, -0.25) is 9.78 Å². The molecule has 0 saturated heterocycles. The summed E-state index contributed by atoms with van der Waals surface area (Å²) >= 11 is 6.81. The summed E-state index contributed by atoms with van der Waals surface area (Å²) < 4.78 is 22.8. The van der Waals surface area contributed by atoms with Crippen LogP contribution in [0.2, 0.25) is 0 Å². The molecule has 0 aliphatic heterocycles. The van der Waals surface area contributed by atoms with Gasteiger partial charge in [-0.05, 0) is 59.3 Å². The van der Waals surface area contributed by atoms with Crippen LogP contribution in [0.3, 0.4) is 0 Å². The van der Waals surface area contributed by atoms with Gasteiger partial charge in [0.05, 0.1) is 43.1 Å². The van der Waals surface area contributed by atoms with Gasteiger partial charge in [-0.25, -0.2) is 10.2 Å². The Morgan fingerprint density at radius 2 is 1.63 bits per heavy atom. The number of aromatic nitrogens is 1. The van der Waals surface area contributed by atoms with Gasteiger partial charge < -0.3 is 18.9 Å². The molecule has 3 aromatic rings. The van der Waals surface area contributed by atoms with Crippen LogP contribution in [0.15, 0.2) is 56.6 Å². The molecule has 0 fully saturated rings. The maximum absolute atomic E-state index is 13.0. The van der Waals surface area contributed by atoms with Crippen LogP contribution in [-0.4, -0.2) is 44.4 Å². The predicted octanol–water partition coefficient (Wildman–Crippen LogP) is 4.92. The summed E-state index contributed by atoms with van der Waals surface area (Å²) in [5.74, 6) is 0.0636. The SMILES string of the molecule is COc1cc(C(=O)Oc2c(Br)cc(Br)cc2C=NNC(=O)c2ccc(C)nc2)cc(OC)c1OC. The van der Waals surface area contributed by atoms with Crippen molar-refractivity contribution in [2.24, 2.45) is 5.10 Å². The van der Waals surface area contributed by atoms with Crippen molar-refractivity contribution < 1.29 is 28.5 Å². The van der Waals surface area contributed by atoms with Gasteiger partial charge in [0.2, 0.25) is 5.75 Å². The lowest BCUT2D eigenvalue weighted by Crippen LogP contribution is -2.18. The number of carbonyl (C=O) groups is 2. The van der Waals surface area contributed by atoms with E-state index in [2.05, 4.69) is 47.4 Å². The molecule has 11 heteroatoms. The number of aryl methyl sites for hydroxylation is 1. The number of pyridine rings is 1. The van der Waals surface area contributed by atoms with Crippen LogP contribution in [0.4, 0.5) is 0 Å². The fourth-order valence-electron chi connectivity index (χ4n) is 2.96. The number of nitrogens with one attached hydrogen (secondary N) is 1. The maximum Gasteiger partial charge on any atom is 0.343 e. The third-order valence-electron chi connectivity index (χ3n) is 4.68. The molecule has 1 heterocycles. The summed E-state index contributed by atoms with van der Waals surface area (Å²) in [5.41, 5.74) is 4.19. The van der Waals surface area contributed by atoms with E-state index in [-0.39, 0.29) is 11.3 Å². The van der Waals surface area contributed by atoms with Crippen molar-refractivity contribution in [3.05, 3.63) is 73.9 Å². The van der Waals surface area contributed by atoms with Gasteiger partial charge in [-0.2, -0.15) is 5.10 Å². The van der Waals surface area contributed by atoms with E-state index in [9.17, 15) is 9.59 Å². The molecule has 0 atom stereocenters. The number of benzene rings is 2. The molecule has 3 rings (SSSR count). The third kappa shape index (κ3) is 6.37. The van der Waals surface area contributed by atoms with E-state index in [1.165, 1.54) is 45.9 Å². The Bertz CT molecular complexity index is 1250. The van der Waals surface area contributed by atoms with E-state index >= 15 is 0 Å². The van der Waals surface area contributed by atoms with Crippen molar-refractivity contribution in [3.63, 3.8) is 0 Å². The first-order chi connectivity index (χ1) is 16.8. The number of amides is 1. The minimum absolute atomic E-state index is 0.178. The summed E-state index contributed by atoms with van der Waals surface area (Å²) in [6.07, 6.45) is 2.83. The van der Waals surface area contributed by atoms with Crippen molar-refractivity contribution in [1.29, 1.82) is 0 Å². The zero-order valence-corrected chi connectivity index (χ0v) is 22.4. The van der Waals surface area contributed by atoms with E-state index < -0.39 is 11.9 Å². The van der Waals surface area contributed by atoms with Crippen molar-refractivity contribution >= 4 is 50.0 Å². The first kappa shape index (κ1) is 26.2. The molecule has 0 aliphatic rings. The Hall–Kier alpha value is -3.44. The Labute approximate surface area is 218 Å². The number of ether oxygens (including phenoxy) is 4. The Morgan fingerprint density at radius 1 is 0.943 bits per heavy atom. The molecule has 1 amide bonds. The third-order valence-corrected chi connectivity index (χ3v) is 5.72. The molecule has 0 bridgehead atoms. The van der Waals surface area contributed by atoms with Gasteiger partial charge in [0, 0.05) is 21.9 Å². The van der Waals surface area contributed by atoms with Crippen LogP contribution < -0.4 is 24.4 Å². The second kappa shape index (κ2) is 11.8. The number of methoxy groups -OCH3 is 3. The summed E-state index contributed by atoms with van der Waals surface area (Å²) in [6, 6.07) is 9.75. The largest absolute Gasteiger partial charge is 0.493 e. The van der Waals surface area contributed by atoms with Gasteiger partial charge in [-0.1, -0.05) is 15.9 Å². The standard InChI is InChI=1S/C24H21Br2N3O6/c1-13-5-6-14(11-27-13)23(30)29-28-12-16-7-17(25)10-18(26)21(16)35-24(31)15-8-19(32-2)22(34-4)20(9-15)33-3/h5-12H,1-4H3,(H,29,30). The van der Waals surface area contributed by atoms with Gasteiger partial charge in [0.25, 0.3) is 5.91 Å². The zero-order valence-electron chi connectivity index (χ0n) is 19.2. The van der Waals surface area contributed by atoms with E-state index in [1.807, 2.05) is 6.92 Å². The first-order valence-electron chi connectivity index (χ1n) is 10.0. The fourth-order valence-corrected chi connectivity index (χ4v) is 4.30. The number of esters is 1. The highest BCUT2D eigenvalue weighted by Gasteiger charge is 2.20. The van der Waals surface area contributed by atoms with E-state index in [0.29, 0.717) is 37.3 Å². The topological polar surface area (TPSA) is 108 Å². The molecule has 0 radical (unpaired) electrons. The Balaban J connectivity index is 1.86. The molecule has 182 valence electrons. The molecule has 1 N–H and O–H groups in total. The molecule has 2 aromatic carbocycles. The summed E-state index contributed by atoms with van der Waals surface area (Å²) in [7, 11) is 4.37. The van der Waals surface area contributed by atoms with Crippen LogP contribution >= 0.6 is 31.9 Å². The smallest absolute Gasteiger partial charge is 0.343 e. The quantitative estimate of drug-likeness (QED) is 0.168. The van der Waals surface area contributed by atoms with E-state index in [0.717, 1.165) is 5.69 Å². The highest BCUT2D eigenvalue weighted by molar-refractivity contribution is 9.11. The number of nitrogens with zero attached hydrogens (tertiary/aromatic N) is 2. The molecule has 0 saturated carbocycles. The molecule has 0 spiro atoms.